The second kappa shape index (κ2) is 7.51. The summed E-state index contributed by atoms with van der Waals surface area (Å²) in [6.45, 7) is 0. The molecule has 3 aromatic rings. The van der Waals surface area contributed by atoms with Crippen molar-refractivity contribution in [3.63, 3.8) is 0 Å². The van der Waals surface area contributed by atoms with E-state index in [0.717, 1.165) is 0 Å². The minimum absolute atomic E-state index is 0.206. The summed E-state index contributed by atoms with van der Waals surface area (Å²) in [5, 5.41) is 0.761. The van der Waals surface area contributed by atoms with Crippen molar-refractivity contribution in [1.29, 1.82) is 0 Å². The molecule has 0 saturated heterocycles. The number of anilines is 1. The molecule has 0 unspecified atom stereocenters. The third-order valence-corrected chi connectivity index (χ3v) is 4.04. The molecule has 2 aromatic heterocycles. The minimum Gasteiger partial charge on any atom is -0.436 e. The molecule has 0 atom stereocenters. The number of benzene rings is 1. The highest BCUT2D eigenvalue weighted by Crippen LogP contribution is 2.35. The van der Waals surface area contributed by atoms with Crippen molar-refractivity contribution in [2.45, 2.75) is 0 Å². The maximum absolute atomic E-state index is 12.5. The Labute approximate surface area is 154 Å². The summed E-state index contributed by atoms with van der Waals surface area (Å²) in [5.74, 6) is 0.406. The number of carbonyl (C=O) groups is 1. The Kier molecular flexibility index (Phi) is 5.16. The summed E-state index contributed by atoms with van der Waals surface area (Å²) < 4.78 is 5.61. The number of para-hydroxylation sites is 1. The molecule has 0 radical (unpaired) electrons. The number of carbonyl (C=O) groups excluding carboxylic acids is 1. The van der Waals surface area contributed by atoms with Gasteiger partial charge in [-0.2, -0.15) is 0 Å². The first-order chi connectivity index (χ1) is 12.1. The van der Waals surface area contributed by atoms with E-state index in [4.69, 9.17) is 27.9 Å². The number of hydrogen-bond acceptors (Lipinski definition) is 4. The van der Waals surface area contributed by atoms with Crippen LogP contribution in [0.4, 0.5) is 5.69 Å². The quantitative estimate of drug-likeness (QED) is 0.655. The SMILES string of the molecule is CN(C(=O)c1ccc(Oc2c(Cl)cccc2Cl)nc1)c1cccnc1. The number of hydrogen-bond donors (Lipinski definition) is 0. The van der Waals surface area contributed by atoms with Crippen LogP contribution >= 0.6 is 23.2 Å². The van der Waals surface area contributed by atoms with Crippen LogP contribution in [0.15, 0.2) is 61.1 Å². The van der Waals surface area contributed by atoms with E-state index < -0.39 is 0 Å². The van der Waals surface area contributed by atoms with Crippen molar-refractivity contribution < 1.29 is 9.53 Å². The summed E-state index contributed by atoms with van der Waals surface area (Å²) in [7, 11) is 1.67. The van der Waals surface area contributed by atoms with Gasteiger partial charge in [-0.1, -0.05) is 29.3 Å². The van der Waals surface area contributed by atoms with Crippen LogP contribution in [-0.4, -0.2) is 22.9 Å². The zero-order valence-corrected chi connectivity index (χ0v) is 14.7. The van der Waals surface area contributed by atoms with Crippen molar-refractivity contribution in [1.82, 2.24) is 9.97 Å². The molecule has 5 nitrogen and oxygen atoms in total. The van der Waals surface area contributed by atoms with Crippen molar-refractivity contribution in [2.24, 2.45) is 0 Å². The molecular weight excluding hydrogens is 361 g/mol. The topological polar surface area (TPSA) is 55.3 Å². The monoisotopic (exact) mass is 373 g/mol. The molecule has 2 heterocycles. The Hall–Kier alpha value is -2.63. The number of aromatic nitrogens is 2. The minimum atomic E-state index is -0.206. The lowest BCUT2D eigenvalue weighted by Gasteiger charge is -2.16. The van der Waals surface area contributed by atoms with Gasteiger partial charge >= 0.3 is 0 Å². The second-order valence-corrected chi connectivity index (χ2v) is 5.93. The Balaban J connectivity index is 1.77. The molecular formula is C18H13Cl2N3O2. The van der Waals surface area contributed by atoms with E-state index >= 15 is 0 Å². The van der Waals surface area contributed by atoms with Gasteiger partial charge in [-0.05, 0) is 30.3 Å². The number of ether oxygens (including phenoxy) is 1. The van der Waals surface area contributed by atoms with Crippen LogP contribution in [0.3, 0.4) is 0 Å². The maximum atomic E-state index is 12.5. The van der Waals surface area contributed by atoms with E-state index in [9.17, 15) is 4.79 Å². The Morgan fingerprint density at radius 3 is 2.40 bits per heavy atom. The molecule has 3 rings (SSSR count). The van der Waals surface area contributed by atoms with Gasteiger partial charge in [-0.3, -0.25) is 9.78 Å². The average molecular weight is 374 g/mol. The number of amides is 1. The number of pyridine rings is 2. The third kappa shape index (κ3) is 3.90. The van der Waals surface area contributed by atoms with Gasteiger partial charge < -0.3 is 9.64 Å². The standard InChI is InChI=1S/C18H13Cl2N3O2/c1-23(13-4-3-9-21-11-13)18(24)12-7-8-16(22-10-12)25-17-14(19)5-2-6-15(17)20/h2-11H,1H3. The predicted molar refractivity (Wildman–Crippen MR) is 97.7 cm³/mol. The zero-order valence-electron chi connectivity index (χ0n) is 13.2. The average Bonchev–Trinajstić information content (AvgIpc) is 2.65. The lowest BCUT2D eigenvalue weighted by atomic mass is 10.2. The van der Waals surface area contributed by atoms with Gasteiger partial charge in [0.05, 0.1) is 27.5 Å². The summed E-state index contributed by atoms with van der Waals surface area (Å²) >= 11 is 12.1. The summed E-state index contributed by atoms with van der Waals surface area (Å²) in [6.07, 6.45) is 4.70. The van der Waals surface area contributed by atoms with Crippen molar-refractivity contribution in [2.75, 3.05) is 11.9 Å². The van der Waals surface area contributed by atoms with Crippen LogP contribution in [-0.2, 0) is 0 Å². The first-order valence-electron chi connectivity index (χ1n) is 7.32. The van der Waals surface area contributed by atoms with E-state index in [0.29, 0.717) is 27.0 Å². The summed E-state index contributed by atoms with van der Waals surface area (Å²) in [6, 6.07) is 11.8. The molecule has 0 aliphatic carbocycles. The number of halogens is 2. The van der Waals surface area contributed by atoms with Gasteiger partial charge in [-0.15, -0.1) is 0 Å². The molecule has 0 fully saturated rings. The van der Waals surface area contributed by atoms with Crippen LogP contribution in [0.1, 0.15) is 10.4 Å². The highest BCUT2D eigenvalue weighted by atomic mass is 35.5. The Morgan fingerprint density at radius 2 is 1.80 bits per heavy atom. The van der Waals surface area contributed by atoms with E-state index in [-0.39, 0.29) is 11.8 Å². The highest BCUT2D eigenvalue weighted by Gasteiger charge is 2.15. The van der Waals surface area contributed by atoms with Crippen LogP contribution in [0, 0.1) is 0 Å². The molecule has 0 bridgehead atoms. The van der Waals surface area contributed by atoms with Gasteiger partial charge in [0.15, 0.2) is 5.75 Å². The van der Waals surface area contributed by atoms with E-state index in [1.165, 1.54) is 11.1 Å². The smallest absolute Gasteiger partial charge is 0.259 e. The Bertz CT molecular complexity index is 866. The largest absolute Gasteiger partial charge is 0.436 e. The third-order valence-electron chi connectivity index (χ3n) is 3.45. The molecule has 7 heteroatoms. The molecule has 0 N–H and O–H groups in total. The van der Waals surface area contributed by atoms with Crippen molar-refractivity contribution >= 4 is 34.8 Å². The fraction of sp³-hybridized carbons (Fsp3) is 0.0556. The van der Waals surface area contributed by atoms with E-state index in [1.54, 1.807) is 61.9 Å². The Morgan fingerprint density at radius 1 is 1.04 bits per heavy atom. The van der Waals surface area contributed by atoms with E-state index in [2.05, 4.69) is 9.97 Å². The second-order valence-electron chi connectivity index (χ2n) is 5.11. The van der Waals surface area contributed by atoms with Gasteiger partial charge in [0, 0.05) is 25.5 Å². The van der Waals surface area contributed by atoms with Crippen LogP contribution in [0.5, 0.6) is 11.6 Å². The molecule has 0 spiro atoms. The van der Waals surface area contributed by atoms with Crippen LogP contribution < -0.4 is 9.64 Å². The molecule has 25 heavy (non-hydrogen) atoms. The highest BCUT2D eigenvalue weighted by molar-refractivity contribution is 6.37. The predicted octanol–water partition coefficient (Wildman–Crippen LogP) is 4.85. The van der Waals surface area contributed by atoms with Crippen LogP contribution in [0.2, 0.25) is 10.0 Å². The lowest BCUT2D eigenvalue weighted by molar-refractivity contribution is 0.0992. The molecule has 0 aliphatic heterocycles. The van der Waals surface area contributed by atoms with Gasteiger partial charge in [0.2, 0.25) is 5.88 Å². The van der Waals surface area contributed by atoms with E-state index in [1.807, 2.05) is 0 Å². The lowest BCUT2D eigenvalue weighted by Crippen LogP contribution is -2.26. The zero-order chi connectivity index (χ0) is 17.8. The normalized spacial score (nSPS) is 10.4. The van der Waals surface area contributed by atoms with Crippen molar-refractivity contribution in [3.8, 4) is 11.6 Å². The molecule has 1 amide bonds. The molecule has 0 aliphatic rings. The summed E-state index contributed by atoms with van der Waals surface area (Å²) in [5.41, 5.74) is 1.11. The maximum Gasteiger partial charge on any atom is 0.259 e. The molecule has 126 valence electrons. The number of nitrogens with zero attached hydrogens (tertiary/aromatic N) is 3. The van der Waals surface area contributed by atoms with Crippen molar-refractivity contribution in [3.05, 3.63) is 76.7 Å². The fourth-order valence-corrected chi connectivity index (χ4v) is 2.59. The first kappa shape index (κ1) is 17.2. The van der Waals surface area contributed by atoms with Gasteiger partial charge in [-0.25, -0.2) is 4.98 Å². The van der Waals surface area contributed by atoms with Gasteiger partial charge in [0.25, 0.3) is 5.91 Å². The summed E-state index contributed by atoms with van der Waals surface area (Å²) in [4.78, 5) is 22.1. The van der Waals surface area contributed by atoms with Crippen LogP contribution in [0.25, 0.3) is 0 Å². The first-order valence-corrected chi connectivity index (χ1v) is 8.08. The fourth-order valence-electron chi connectivity index (χ4n) is 2.11. The molecule has 1 aromatic carbocycles. The molecule has 0 saturated carbocycles. The van der Waals surface area contributed by atoms with Gasteiger partial charge in [0.1, 0.15) is 0 Å². The number of rotatable bonds is 4.